The molecule has 0 spiro atoms. The van der Waals surface area contributed by atoms with Crippen LogP contribution in [0.5, 0.6) is 5.88 Å². The number of benzene rings is 1. The Morgan fingerprint density at radius 1 is 1.20 bits per heavy atom. The number of hydrogen-bond donors (Lipinski definition) is 2. The van der Waals surface area contributed by atoms with Crippen molar-refractivity contribution in [3.8, 4) is 5.88 Å². The van der Waals surface area contributed by atoms with Crippen LogP contribution in [0.2, 0.25) is 0 Å². The molecule has 1 aromatic heterocycles. The number of aromatic nitrogens is 2. The maximum atomic E-state index is 12.9. The minimum atomic E-state index is -4.10. The molecule has 0 bridgehead atoms. The topological polar surface area (TPSA) is 102 Å². The van der Waals surface area contributed by atoms with Crippen LogP contribution in [0.1, 0.15) is 48.4 Å². The van der Waals surface area contributed by atoms with Crippen LogP contribution in [0.25, 0.3) is 0 Å². The van der Waals surface area contributed by atoms with Crippen LogP contribution < -0.4 is 14.8 Å². The van der Waals surface area contributed by atoms with Crippen molar-refractivity contribution in [1.29, 1.82) is 0 Å². The molecule has 0 fully saturated rings. The van der Waals surface area contributed by atoms with Crippen molar-refractivity contribution in [2.24, 2.45) is 5.92 Å². The van der Waals surface area contributed by atoms with Gasteiger partial charge in [0.05, 0.1) is 19.3 Å². The van der Waals surface area contributed by atoms with Gasteiger partial charge in [0, 0.05) is 11.6 Å². The van der Waals surface area contributed by atoms with Gasteiger partial charge < -0.3 is 10.1 Å². The Hall–Kier alpha value is -2.55. The molecule has 0 saturated carbocycles. The smallest absolute Gasteiger partial charge is 0.333 e. The van der Waals surface area contributed by atoms with E-state index >= 15 is 0 Å². The molecule has 3 aliphatic rings. The lowest BCUT2D eigenvalue weighted by Crippen LogP contribution is -2.35. The number of hydrogen-bond acceptors (Lipinski definition) is 5. The van der Waals surface area contributed by atoms with Crippen LogP contribution in [0.15, 0.2) is 17.2 Å². The zero-order valence-electron chi connectivity index (χ0n) is 17.0. The van der Waals surface area contributed by atoms with E-state index in [-0.39, 0.29) is 10.8 Å². The predicted octanol–water partition coefficient (Wildman–Crippen LogP) is 2.79. The summed E-state index contributed by atoms with van der Waals surface area (Å²) in [5.74, 6) is 0.493. The second kappa shape index (κ2) is 7.30. The third kappa shape index (κ3) is 3.25. The molecule has 2 N–H and O–H groups in total. The quantitative estimate of drug-likeness (QED) is 0.777. The molecule has 160 valence electrons. The first-order chi connectivity index (χ1) is 14.5. The van der Waals surface area contributed by atoms with Gasteiger partial charge in [-0.25, -0.2) is 22.6 Å². The molecular weight excluding hydrogens is 404 g/mol. The molecular formula is C21H26N4O4S. The van der Waals surface area contributed by atoms with Crippen LogP contribution in [-0.2, 0) is 42.3 Å². The van der Waals surface area contributed by atoms with Gasteiger partial charge in [-0.3, -0.25) is 0 Å². The normalized spacial score (nSPS) is 19.6. The van der Waals surface area contributed by atoms with E-state index in [4.69, 9.17) is 4.74 Å². The summed E-state index contributed by atoms with van der Waals surface area (Å²) in [6.45, 7) is 3.11. The zero-order chi connectivity index (χ0) is 20.9. The van der Waals surface area contributed by atoms with Crippen molar-refractivity contribution in [3.05, 3.63) is 34.5 Å². The first-order valence-corrected chi connectivity index (χ1v) is 12.1. The molecule has 1 aliphatic heterocycles. The Morgan fingerprint density at radius 2 is 1.90 bits per heavy atom. The molecule has 2 aromatic rings. The molecule has 5 rings (SSSR count). The number of nitrogens with zero attached hydrogens (tertiary/aromatic N) is 2. The monoisotopic (exact) mass is 430 g/mol. The maximum absolute atomic E-state index is 12.9. The Bertz CT molecular complexity index is 1090. The highest BCUT2D eigenvalue weighted by Crippen LogP contribution is 2.38. The van der Waals surface area contributed by atoms with Crippen LogP contribution in [-0.4, -0.2) is 30.8 Å². The summed E-state index contributed by atoms with van der Waals surface area (Å²) in [5, 5.41) is 7.01. The van der Waals surface area contributed by atoms with E-state index in [2.05, 4.69) is 28.1 Å². The summed E-state index contributed by atoms with van der Waals surface area (Å²) < 4.78 is 35.1. The summed E-state index contributed by atoms with van der Waals surface area (Å²) in [4.78, 5) is 12.6. The van der Waals surface area contributed by atoms with E-state index in [9.17, 15) is 13.2 Å². The Kier molecular flexibility index (Phi) is 4.72. The standard InChI is InChI=1S/C21H26N4O4S/c1-2-13-11-25-20(29-12-13)18(10-22-25)30(27,28)24-21(26)23-19-16-7-3-5-14(16)9-15-6-4-8-17(15)19/h9-10,13H,2-8,11-12H2,1H3,(H2,23,24,26)/t13-/m1/s1. The van der Waals surface area contributed by atoms with E-state index in [1.807, 2.05) is 0 Å². The van der Waals surface area contributed by atoms with E-state index in [0.717, 1.165) is 61.8 Å². The van der Waals surface area contributed by atoms with E-state index in [0.29, 0.717) is 19.1 Å². The van der Waals surface area contributed by atoms with Gasteiger partial charge in [0.2, 0.25) is 5.88 Å². The molecule has 2 heterocycles. The molecule has 2 aliphatic carbocycles. The van der Waals surface area contributed by atoms with Gasteiger partial charge in [-0.05, 0) is 67.2 Å². The molecule has 30 heavy (non-hydrogen) atoms. The van der Waals surface area contributed by atoms with Gasteiger partial charge in [0.25, 0.3) is 10.0 Å². The first kappa shape index (κ1) is 19.4. The minimum Gasteiger partial charge on any atom is -0.476 e. The van der Waals surface area contributed by atoms with E-state index in [1.165, 1.54) is 17.3 Å². The van der Waals surface area contributed by atoms with Crippen LogP contribution in [0.4, 0.5) is 10.5 Å². The molecule has 8 nitrogen and oxygen atoms in total. The molecule has 0 radical (unpaired) electrons. The number of nitrogens with one attached hydrogen (secondary N) is 2. The van der Waals surface area contributed by atoms with Gasteiger partial charge >= 0.3 is 6.03 Å². The minimum absolute atomic E-state index is 0.101. The fourth-order valence-electron chi connectivity index (χ4n) is 4.84. The number of rotatable bonds is 4. The number of carbonyl (C=O) groups is 1. The van der Waals surface area contributed by atoms with Gasteiger partial charge in [-0.15, -0.1) is 0 Å². The van der Waals surface area contributed by atoms with Crippen molar-refractivity contribution < 1.29 is 17.9 Å². The molecule has 2 amide bonds. The van der Waals surface area contributed by atoms with Crippen molar-refractivity contribution in [1.82, 2.24) is 14.5 Å². The second-order valence-corrected chi connectivity index (χ2v) is 10.0. The molecule has 9 heteroatoms. The summed E-state index contributed by atoms with van der Waals surface area (Å²) in [6, 6.07) is 1.52. The van der Waals surface area contributed by atoms with Crippen LogP contribution >= 0.6 is 0 Å². The third-order valence-electron chi connectivity index (χ3n) is 6.45. The molecule has 0 saturated heterocycles. The highest BCUT2D eigenvalue weighted by atomic mass is 32.2. The SMILES string of the molecule is CC[C@H]1COc2c(S(=O)(=O)NC(=O)Nc3c4c(cc5c3CCC5)CCC4)cnn2C1. The number of fused-ring (bicyclic) bond motifs is 3. The number of ether oxygens (including phenoxy) is 1. The fraction of sp³-hybridized carbons (Fsp3) is 0.524. The molecule has 1 atom stereocenters. The number of sulfonamides is 1. The largest absolute Gasteiger partial charge is 0.476 e. The number of amides is 2. The zero-order valence-corrected chi connectivity index (χ0v) is 17.8. The number of aryl methyl sites for hydroxylation is 2. The Morgan fingerprint density at radius 3 is 2.57 bits per heavy atom. The fourth-order valence-corrected chi connectivity index (χ4v) is 5.83. The highest BCUT2D eigenvalue weighted by molar-refractivity contribution is 7.90. The third-order valence-corrected chi connectivity index (χ3v) is 7.77. The summed E-state index contributed by atoms with van der Waals surface area (Å²) in [5.41, 5.74) is 5.67. The van der Waals surface area contributed by atoms with Gasteiger partial charge in [-0.2, -0.15) is 5.10 Å². The second-order valence-electron chi connectivity index (χ2n) is 8.38. The van der Waals surface area contributed by atoms with Gasteiger partial charge in [0.15, 0.2) is 4.90 Å². The lowest BCUT2D eigenvalue weighted by molar-refractivity contribution is 0.157. The highest BCUT2D eigenvalue weighted by Gasteiger charge is 2.31. The molecule has 1 aromatic carbocycles. The predicted molar refractivity (Wildman–Crippen MR) is 111 cm³/mol. The van der Waals surface area contributed by atoms with Crippen molar-refractivity contribution >= 4 is 21.7 Å². The Labute approximate surface area is 176 Å². The average molecular weight is 431 g/mol. The van der Waals surface area contributed by atoms with E-state index < -0.39 is 16.1 Å². The van der Waals surface area contributed by atoms with Crippen molar-refractivity contribution in [2.75, 3.05) is 11.9 Å². The molecule has 0 unspecified atom stereocenters. The lowest BCUT2D eigenvalue weighted by atomic mass is 9.99. The summed E-state index contributed by atoms with van der Waals surface area (Å²) in [6.07, 6.45) is 8.14. The number of carbonyl (C=O) groups excluding carboxylic acids is 1. The van der Waals surface area contributed by atoms with Crippen LogP contribution in [0.3, 0.4) is 0 Å². The Balaban J connectivity index is 1.38. The van der Waals surface area contributed by atoms with Crippen LogP contribution in [0, 0.1) is 5.92 Å². The van der Waals surface area contributed by atoms with Crippen molar-refractivity contribution in [3.63, 3.8) is 0 Å². The van der Waals surface area contributed by atoms with Crippen molar-refractivity contribution in [2.45, 2.75) is 63.3 Å². The van der Waals surface area contributed by atoms with Gasteiger partial charge in [0.1, 0.15) is 0 Å². The average Bonchev–Trinajstić information content (AvgIpc) is 3.45. The van der Waals surface area contributed by atoms with E-state index in [1.54, 1.807) is 4.68 Å². The number of anilines is 1. The number of urea groups is 1. The summed E-state index contributed by atoms with van der Waals surface area (Å²) in [7, 11) is -4.10. The van der Waals surface area contributed by atoms with Gasteiger partial charge in [-0.1, -0.05) is 13.0 Å². The maximum Gasteiger partial charge on any atom is 0.333 e. The lowest BCUT2D eigenvalue weighted by Gasteiger charge is -2.23. The first-order valence-electron chi connectivity index (χ1n) is 10.6. The summed E-state index contributed by atoms with van der Waals surface area (Å²) >= 11 is 0.